The molecule has 0 aliphatic carbocycles. The summed E-state index contributed by atoms with van der Waals surface area (Å²) >= 11 is 0. The Labute approximate surface area is 117 Å². The van der Waals surface area contributed by atoms with Gasteiger partial charge in [-0.15, -0.1) is 0 Å². The standard InChI is InChI=1S/C19H14O/c1-12-10-14-11-15(20)7-9-16(14)18-8-6-13-4-2-3-5-17(13)19(12)18/h2-11,20H,1H3. The number of aryl methyl sites for hydroxylation is 1. The Morgan fingerprint density at radius 2 is 1.50 bits per heavy atom. The normalized spacial score (nSPS) is 11.4. The van der Waals surface area contributed by atoms with E-state index in [4.69, 9.17) is 0 Å². The summed E-state index contributed by atoms with van der Waals surface area (Å²) in [5, 5.41) is 17.1. The van der Waals surface area contributed by atoms with Gasteiger partial charge in [-0.1, -0.05) is 48.5 Å². The summed E-state index contributed by atoms with van der Waals surface area (Å²) in [4.78, 5) is 0. The summed E-state index contributed by atoms with van der Waals surface area (Å²) in [6, 6.07) is 20.6. The molecule has 4 aromatic rings. The quantitative estimate of drug-likeness (QED) is 0.432. The molecule has 0 bridgehead atoms. The molecular formula is C19H14O. The second-order valence-electron chi connectivity index (χ2n) is 5.31. The third-order valence-electron chi connectivity index (χ3n) is 4.02. The molecule has 0 amide bonds. The van der Waals surface area contributed by atoms with Gasteiger partial charge >= 0.3 is 0 Å². The Kier molecular flexibility index (Phi) is 2.25. The summed E-state index contributed by atoms with van der Waals surface area (Å²) in [5.41, 5.74) is 1.25. The van der Waals surface area contributed by atoms with E-state index in [1.54, 1.807) is 6.07 Å². The second kappa shape index (κ2) is 3.97. The third-order valence-corrected chi connectivity index (χ3v) is 4.02. The summed E-state index contributed by atoms with van der Waals surface area (Å²) in [5.74, 6) is 0.317. The van der Waals surface area contributed by atoms with E-state index in [0.29, 0.717) is 5.75 Å². The molecule has 96 valence electrons. The molecule has 0 heterocycles. The number of phenolic OH excluding ortho intramolecular Hbond substituents is 1. The lowest BCUT2D eigenvalue weighted by Crippen LogP contribution is -1.84. The number of hydrogen-bond acceptors (Lipinski definition) is 1. The minimum atomic E-state index is 0.317. The van der Waals surface area contributed by atoms with Crippen molar-refractivity contribution >= 4 is 32.3 Å². The fourth-order valence-electron chi connectivity index (χ4n) is 3.14. The molecule has 1 nitrogen and oxygen atoms in total. The van der Waals surface area contributed by atoms with E-state index >= 15 is 0 Å². The zero-order valence-corrected chi connectivity index (χ0v) is 11.2. The summed E-state index contributed by atoms with van der Waals surface area (Å²) in [6.07, 6.45) is 0. The molecule has 0 aliphatic heterocycles. The maximum Gasteiger partial charge on any atom is 0.116 e. The van der Waals surface area contributed by atoms with Crippen LogP contribution < -0.4 is 0 Å². The van der Waals surface area contributed by atoms with Crippen molar-refractivity contribution < 1.29 is 5.11 Å². The van der Waals surface area contributed by atoms with E-state index in [1.165, 1.54) is 32.5 Å². The van der Waals surface area contributed by atoms with Crippen molar-refractivity contribution in [2.75, 3.05) is 0 Å². The zero-order chi connectivity index (χ0) is 13.7. The fourth-order valence-corrected chi connectivity index (χ4v) is 3.14. The molecule has 0 atom stereocenters. The number of fused-ring (bicyclic) bond motifs is 5. The van der Waals surface area contributed by atoms with E-state index in [1.807, 2.05) is 12.1 Å². The van der Waals surface area contributed by atoms with Gasteiger partial charge in [0.15, 0.2) is 0 Å². The monoisotopic (exact) mass is 258 g/mol. The van der Waals surface area contributed by atoms with Crippen molar-refractivity contribution in [3.05, 3.63) is 66.2 Å². The molecular weight excluding hydrogens is 244 g/mol. The largest absolute Gasteiger partial charge is 0.508 e. The maximum absolute atomic E-state index is 9.66. The first-order valence-corrected chi connectivity index (χ1v) is 6.78. The lowest BCUT2D eigenvalue weighted by atomic mass is 9.93. The van der Waals surface area contributed by atoms with Crippen LogP contribution in [0.25, 0.3) is 32.3 Å². The van der Waals surface area contributed by atoms with E-state index < -0.39 is 0 Å². The van der Waals surface area contributed by atoms with Crippen LogP contribution in [-0.4, -0.2) is 5.11 Å². The highest BCUT2D eigenvalue weighted by molar-refractivity contribution is 6.18. The van der Waals surface area contributed by atoms with Crippen LogP contribution in [-0.2, 0) is 0 Å². The van der Waals surface area contributed by atoms with Gasteiger partial charge in [-0.25, -0.2) is 0 Å². The molecule has 0 aromatic heterocycles. The molecule has 0 unspecified atom stereocenters. The van der Waals surface area contributed by atoms with Crippen LogP contribution >= 0.6 is 0 Å². The van der Waals surface area contributed by atoms with E-state index in [9.17, 15) is 5.11 Å². The van der Waals surface area contributed by atoms with Gasteiger partial charge in [0, 0.05) is 0 Å². The predicted octanol–water partition coefficient (Wildman–Crippen LogP) is 5.16. The summed E-state index contributed by atoms with van der Waals surface area (Å²) in [6.45, 7) is 2.14. The van der Waals surface area contributed by atoms with Gasteiger partial charge in [-0.2, -0.15) is 0 Å². The highest BCUT2D eigenvalue weighted by atomic mass is 16.3. The van der Waals surface area contributed by atoms with Crippen LogP contribution in [0.15, 0.2) is 60.7 Å². The first-order valence-electron chi connectivity index (χ1n) is 6.78. The third kappa shape index (κ3) is 1.50. The van der Waals surface area contributed by atoms with Crippen molar-refractivity contribution in [1.82, 2.24) is 0 Å². The number of hydrogen-bond donors (Lipinski definition) is 1. The lowest BCUT2D eigenvalue weighted by molar-refractivity contribution is 0.476. The Hall–Kier alpha value is -2.54. The van der Waals surface area contributed by atoms with Gasteiger partial charge in [0.05, 0.1) is 0 Å². The van der Waals surface area contributed by atoms with E-state index in [0.717, 1.165) is 5.39 Å². The van der Waals surface area contributed by atoms with Gasteiger partial charge < -0.3 is 5.11 Å². The number of benzene rings is 4. The average molecular weight is 258 g/mol. The Morgan fingerprint density at radius 3 is 2.40 bits per heavy atom. The second-order valence-corrected chi connectivity index (χ2v) is 5.31. The average Bonchev–Trinajstić information content (AvgIpc) is 2.46. The molecule has 0 saturated carbocycles. The van der Waals surface area contributed by atoms with Crippen molar-refractivity contribution in [3.8, 4) is 5.75 Å². The highest BCUT2D eigenvalue weighted by Crippen LogP contribution is 2.34. The smallest absolute Gasteiger partial charge is 0.116 e. The van der Waals surface area contributed by atoms with Gasteiger partial charge in [0.1, 0.15) is 5.75 Å². The Balaban J connectivity index is 2.31. The fraction of sp³-hybridized carbons (Fsp3) is 0.0526. The van der Waals surface area contributed by atoms with Crippen molar-refractivity contribution in [2.45, 2.75) is 6.92 Å². The minimum absolute atomic E-state index is 0.317. The van der Waals surface area contributed by atoms with Crippen molar-refractivity contribution in [3.63, 3.8) is 0 Å². The van der Waals surface area contributed by atoms with Crippen LogP contribution in [0, 0.1) is 6.92 Å². The van der Waals surface area contributed by atoms with Crippen LogP contribution in [0.3, 0.4) is 0 Å². The van der Waals surface area contributed by atoms with E-state index in [2.05, 4.69) is 49.4 Å². The highest BCUT2D eigenvalue weighted by Gasteiger charge is 2.07. The molecule has 4 aromatic carbocycles. The van der Waals surface area contributed by atoms with Crippen molar-refractivity contribution in [2.24, 2.45) is 0 Å². The topological polar surface area (TPSA) is 20.2 Å². The molecule has 1 heteroatoms. The van der Waals surface area contributed by atoms with Gasteiger partial charge in [-0.3, -0.25) is 0 Å². The predicted molar refractivity (Wildman–Crippen MR) is 85.4 cm³/mol. The molecule has 0 aliphatic rings. The molecule has 0 saturated heterocycles. The first-order chi connectivity index (χ1) is 9.74. The lowest BCUT2D eigenvalue weighted by Gasteiger charge is -2.11. The number of rotatable bonds is 0. The molecule has 0 radical (unpaired) electrons. The molecule has 1 N–H and O–H groups in total. The first kappa shape index (κ1) is 11.3. The number of aromatic hydroxyl groups is 1. The van der Waals surface area contributed by atoms with Crippen LogP contribution in [0.1, 0.15) is 5.56 Å². The van der Waals surface area contributed by atoms with Crippen LogP contribution in [0.5, 0.6) is 5.75 Å². The number of phenols is 1. The minimum Gasteiger partial charge on any atom is -0.508 e. The van der Waals surface area contributed by atoms with Crippen molar-refractivity contribution in [1.29, 1.82) is 0 Å². The summed E-state index contributed by atoms with van der Waals surface area (Å²) < 4.78 is 0. The van der Waals surface area contributed by atoms with Crippen LogP contribution in [0.4, 0.5) is 0 Å². The maximum atomic E-state index is 9.66. The Morgan fingerprint density at radius 1 is 0.700 bits per heavy atom. The summed E-state index contributed by atoms with van der Waals surface area (Å²) in [7, 11) is 0. The van der Waals surface area contributed by atoms with E-state index in [-0.39, 0.29) is 0 Å². The molecule has 20 heavy (non-hydrogen) atoms. The molecule has 4 rings (SSSR count). The van der Waals surface area contributed by atoms with Crippen LogP contribution in [0.2, 0.25) is 0 Å². The van der Waals surface area contributed by atoms with Gasteiger partial charge in [0.25, 0.3) is 0 Å². The van der Waals surface area contributed by atoms with Gasteiger partial charge in [0.2, 0.25) is 0 Å². The molecule has 0 spiro atoms. The zero-order valence-electron chi connectivity index (χ0n) is 11.2. The SMILES string of the molecule is Cc1cc2cc(O)ccc2c2ccc3ccccc3c12. The van der Waals surface area contributed by atoms with Gasteiger partial charge in [-0.05, 0) is 56.9 Å². The Bertz CT molecular complexity index is 967. The molecule has 0 fully saturated rings.